The number of benzene rings is 7. The minimum absolute atomic E-state index is 0.399. The lowest BCUT2D eigenvalue weighted by molar-refractivity contribution is 1.37. The van der Waals surface area contributed by atoms with Gasteiger partial charge >= 0.3 is 0 Å². The van der Waals surface area contributed by atoms with Crippen LogP contribution in [0.2, 0.25) is 32.7 Å². The van der Waals surface area contributed by atoms with Gasteiger partial charge in [0.05, 0.1) is 8.07 Å². The molecular weight excluding hydrogens is 561 g/mol. The van der Waals surface area contributed by atoms with Crippen molar-refractivity contribution in [2.75, 3.05) is 0 Å². The molecule has 44 heavy (non-hydrogen) atoms. The average molecular weight is 600 g/mol. The van der Waals surface area contributed by atoms with E-state index in [4.69, 9.17) is 0 Å². The van der Waals surface area contributed by atoms with Gasteiger partial charge in [-0.3, -0.25) is 0 Å². The molecule has 0 nitrogen and oxygen atoms in total. The zero-order chi connectivity index (χ0) is 30.4. The molecule has 0 fully saturated rings. The Morgan fingerprint density at radius 2 is 1.07 bits per heavy atom. The van der Waals surface area contributed by atoms with Gasteiger partial charge in [-0.15, -0.1) is 0 Å². The van der Waals surface area contributed by atoms with Crippen LogP contribution in [0, 0.1) is 0 Å². The molecule has 0 saturated carbocycles. The molecule has 0 N–H and O–H groups in total. The van der Waals surface area contributed by atoms with E-state index < -0.39 is 16.9 Å². The highest BCUT2D eigenvalue weighted by Crippen LogP contribution is 2.44. The van der Waals surface area contributed by atoms with Gasteiger partial charge in [-0.25, -0.2) is 0 Å². The topological polar surface area (TPSA) is 0 Å². The van der Waals surface area contributed by atoms with Crippen molar-refractivity contribution < 1.29 is 0 Å². The third-order valence-corrected chi connectivity index (χ3v) is 12.1. The smallest absolute Gasteiger partial charge is 0.0710 e. The van der Waals surface area contributed by atoms with Crippen molar-refractivity contribution in [2.24, 2.45) is 0 Å². The largest absolute Gasteiger partial charge is 0.0776 e. The second-order valence-electron chi connectivity index (χ2n) is 13.5. The molecule has 2 heteroatoms. The first-order valence-corrected chi connectivity index (χ1v) is 21.9. The van der Waals surface area contributed by atoms with Crippen molar-refractivity contribution in [1.29, 1.82) is 0 Å². The van der Waals surface area contributed by atoms with E-state index in [9.17, 15) is 0 Å². The molecule has 7 aromatic rings. The lowest BCUT2D eigenvalue weighted by atomic mass is 9.85. The van der Waals surface area contributed by atoms with Crippen molar-refractivity contribution in [2.45, 2.75) is 38.8 Å². The summed E-state index contributed by atoms with van der Waals surface area (Å²) in [5.41, 5.74) is 9.26. The van der Waals surface area contributed by atoms with Crippen molar-refractivity contribution in [1.82, 2.24) is 0 Å². The maximum atomic E-state index is 2.52. The predicted molar refractivity (Wildman–Crippen MR) is 199 cm³/mol. The van der Waals surface area contributed by atoms with Gasteiger partial charge < -0.3 is 0 Å². The minimum atomic E-state index is -1.54. The molecule has 0 aliphatic carbocycles. The molecule has 0 unspecified atom stereocenters. The summed E-state index contributed by atoms with van der Waals surface area (Å²) < 4.78 is 0. The molecule has 0 atom stereocenters. The Labute approximate surface area is 264 Å². The van der Waals surface area contributed by atoms with E-state index in [1.165, 1.54) is 82.5 Å². The molecule has 0 aromatic heterocycles. The summed E-state index contributed by atoms with van der Waals surface area (Å²) in [4.78, 5) is 0. The Morgan fingerprint density at radius 3 is 1.77 bits per heavy atom. The molecule has 0 aliphatic rings. The van der Waals surface area contributed by atoms with Gasteiger partial charge in [0.1, 0.15) is 0 Å². The van der Waals surface area contributed by atoms with Gasteiger partial charge in [0, 0.05) is 8.80 Å². The van der Waals surface area contributed by atoms with Crippen LogP contribution in [-0.4, -0.2) is 16.9 Å². The summed E-state index contributed by atoms with van der Waals surface area (Å²) >= 11 is 0. The summed E-state index contributed by atoms with van der Waals surface area (Å²) in [6.45, 7) is 12.2. The Hall–Kier alpha value is -4.25. The zero-order valence-corrected chi connectivity index (χ0v) is 28.4. The fourth-order valence-electron chi connectivity index (χ4n) is 6.78. The van der Waals surface area contributed by atoms with E-state index in [-0.39, 0.29) is 0 Å². The van der Waals surface area contributed by atoms with Crippen LogP contribution in [0.25, 0.3) is 65.7 Å². The van der Waals surface area contributed by atoms with Crippen LogP contribution in [0.5, 0.6) is 0 Å². The first-order valence-electron chi connectivity index (χ1n) is 15.7. The number of fused-ring (bicyclic) bond motifs is 3. The monoisotopic (exact) mass is 599 g/mol. The number of hydrogen-bond donors (Lipinski definition) is 0. The SMILES string of the molecule is C[Si](C)Cc1ccc2c(-c3ccc(-c4cccc5ccccc45)cc3)c3cc([Si](C)(C)C)ccc3c(-c3ccccc3)c2c1. The first kappa shape index (κ1) is 28.5. The zero-order valence-electron chi connectivity index (χ0n) is 26.4. The van der Waals surface area contributed by atoms with Crippen molar-refractivity contribution in [3.63, 3.8) is 0 Å². The Balaban J connectivity index is 1.53. The maximum Gasteiger partial charge on any atom is 0.0776 e. The quantitative estimate of drug-likeness (QED) is 0.132. The lowest BCUT2D eigenvalue weighted by Gasteiger charge is -2.22. The first-order chi connectivity index (χ1) is 21.3. The predicted octanol–water partition coefficient (Wildman–Crippen LogP) is 11.5. The van der Waals surface area contributed by atoms with Crippen LogP contribution < -0.4 is 5.19 Å². The molecule has 1 radical (unpaired) electrons. The van der Waals surface area contributed by atoms with Gasteiger partial charge in [0.15, 0.2) is 0 Å². The van der Waals surface area contributed by atoms with Crippen LogP contribution in [0.1, 0.15) is 5.56 Å². The summed E-state index contributed by atoms with van der Waals surface area (Å²) in [5.74, 6) is 0. The Kier molecular flexibility index (Phi) is 7.36. The number of hydrogen-bond acceptors (Lipinski definition) is 0. The second-order valence-corrected chi connectivity index (χ2v) is 21.3. The molecule has 7 rings (SSSR count). The van der Waals surface area contributed by atoms with Gasteiger partial charge in [-0.1, -0.05) is 177 Å². The molecule has 0 heterocycles. The van der Waals surface area contributed by atoms with Crippen LogP contribution in [-0.2, 0) is 6.04 Å². The number of rotatable bonds is 6. The van der Waals surface area contributed by atoms with Crippen LogP contribution >= 0.6 is 0 Å². The summed E-state index contributed by atoms with van der Waals surface area (Å²) in [6, 6.07) is 51.5. The summed E-state index contributed by atoms with van der Waals surface area (Å²) in [5, 5.41) is 9.47. The van der Waals surface area contributed by atoms with Gasteiger partial charge in [0.25, 0.3) is 0 Å². The van der Waals surface area contributed by atoms with E-state index in [2.05, 4.69) is 166 Å². The van der Waals surface area contributed by atoms with E-state index in [1.807, 2.05) is 0 Å². The lowest BCUT2D eigenvalue weighted by Crippen LogP contribution is -2.37. The Bertz CT molecular complexity index is 2130. The second kappa shape index (κ2) is 11.4. The summed E-state index contributed by atoms with van der Waals surface area (Å²) in [6.07, 6.45) is 0. The van der Waals surface area contributed by atoms with Gasteiger partial charge in [0.2, 0.25) is 0 Å². The molecule has 0 spiro atoms. The fourth-order valence-corrected chi connectivity index (χ4v) is 8.98. The molecule has 0 bridgehead atoms. The van der Waals surface area contributed by atoms with Crippen LogP contribution in [0.3, 0.4) is 0 Å². The van der Waals surface area contributed by atoms with Gasteiger partial charge in [-0.05, 0) is 71.7 Å². The molecule has 7 aromatic carbocycles. The van der Waals surface area contributed by atoms with Gasteiger partial charge in [-0.2, -0.15) is 0 Å². The molecular formula is C42H39Si2. The highest BCUT2D eigenvalue weighted by molar-refractivity contribution is 6.88. The fraction of sp³-hybridized carbons (Fsp3) is 0.143. The van der Waals surface area contributed by atoms with Crippen molar-refractivity contribution in [3.05, 3.63) is 139 Å². The van der Waals surface area contributed by atoms with E-state index in [0.717, 1.165) is 0 Å². The molecule has 0 aliphatic heterocycles. The maximum absolute atomic E-state index is 2.52. The molecule has 215 valence electrons. The highest BCUT2D eigenvalue weighted by atomic mass is 28.3. The minimum Gasteiger partial charge on any atom is -0.0710 e. The van der Waals surface area contributed by atoms with Crippen molar-refractivity contribution >= 4 is 54.4 Å². The summed E-state index contributed by atoms with van der Waals surface area (Å²) in [7, 11) is -1.94. The van der Waals surface area contributed by atoms with E-state index >= 15 is 0 Å². The third kappa shape index (κ3) is 5.23. The standard InChI is InChI=1S/C42H39Si2/c1-43(2)28-29-18-24-37-39(26-29)41(32-13-7-6-8-14-32)38-25-23-34(44(3,4)5)27-40(38)42(37)33-21-19-31(20-22-33)36-17-11-15-30-12-9-10-16-35(30)36/h6-27H,28H2,1-5H3. The van der Waals surface area contributed by atoms with Crippen LogP contribution in [0.15, 0.2) is 133 Å². The molecule has 0 amide bonds. The van der Waals surface area contributed by atoms with Crippen molar-refractivity contribution in [3.8, 4) is 33.4 Å². The van der Waals surface area contributed by atoms with Crippen LogP contribution in [0.4, 0.5) is 0 Å². The van der Waals surface area contributed by atoms with E-state index in [1.54, 1.807) is 0 Å². The normalized spacial score (nSPS) is 12.0. The third-order valence-electron chi connectivity index (χ3n) is 8.94. The van der Waals surface area contributed by atoms with E-state index in [0.29, 0.717) is 0 Å². The highest BCUT2D eigenvalue weighted by Gasteiger charge is 2.22. The Morgan fingerprint density at radius 1 is 0.477 bits per heavy atom. The molecule has 0 saturated heterocycles. The average Bonchev–Trinajstić information content (AvgIpc) is 3.03.